The highest BCUT2D eigenvalue weighted by Gasteiger charge is 2.34. The number of aliphatic hydroxyl groups excluding tert-OH is 1. The van der Waals surface area contributed by atoms with Crippen molar-refractivity contribution in [3.05, 3.63) is 0 Å². The Hall–Kier alpha value is -0.650. The molecule has 5 heteroatoms. The van der Waals surface area contributed by atoms with Gasteiger partial charge in [0.2, 0.25) is 5.91 Å². The van der Waals surface area contributed by atoms with Crippen LogP contribution in [0.3, 0.4) is 0 Å². The number of piperidine rings is 1. The van der Waals surface area contributed by atoms with Crippen molar-refractivity contribution >= 4 is 5.91 Å². The Bertz CT molecular complexity index is 337. The number of nitrogens with zero attached hydrogens (tertiary/aromatic N) is 2. The third-order valence-electron chi connectivity index (χ3n) is 4.99. The van der Waals surface area contributed by atoms with E-state index in [9.17, 15) is 9.90 Å². The smallest absolute Gasteiger partial charge is 0.222 e. The molecule has 0 radical (unpaired) electrons. The van der Waals surface area contributed by atoms with Crippen LogP contribution in [0.2, 0.25) is 0 Å². The van der Waals surface area contributed by atoms with Crippen molar-refractivity contribution in [1.29, 1.82) is 0 Å². The summed E-state index contributed by atoms with van der Waals surface area (Å²) in [6, 6.07) is 0. The zero-order valence-corrected chi connectivity index (χ0v) is 13.4. The average molecular weight is 298 g/mol. The number of rotatable bonds is 8. The summed E-state index contributed by atoms with van der Waals surface area (Å²) < 4.78 is 5.14. The van der Waals surface area contributed by atoms with Gasteiger partial charge in [0.25, 0.3) is 0 Å². The van der Waals surface area contributed by atoms with Gasteiger partial charge in [-0.3, -0.25) is 4.79 Å². The van der Waals surface area contributed by atoms with Crippen molar-refractivity contribution < 1.29 is 14.6 Å². The molecule has 2 heterocycles. The predicted molar refractivity (Wildman–Crippen MR) is 82.1 cm³/mol. The molecular weight excluding hydrogens is 268 g/mol. The van der Waals surface area contributed by atoms with Crippen molar-refractivity contribution in [3.8, 4) is 0 Å². The van der Waals surface area contributed by atoms with Crippen LogP contribution in [0.25, 0.3) is 0 Å². The predicted octanol–water partition coefficient (Wildman–Crippen LogP) is 1.11. The lowest BCUT2D eigenvalue weighted by molar-refractivity contribution is -0.128. The lowest BCUT2D eigenvalue weighted by atomic mass is 9.77. The van der Waals surface area contributed by atoms with Crippen molar-refractivity contribution in [1.82, 2.24) is 9.80 Å². The number of methoxy groups -OCH3 is 1. The maximum atomic E-state index is 11.7. The van der Waals surface area contributed by atoms with Gasteiger partial charge in [0.15, 0.2) is 0 Å². The molecule has 0 aromatic heterocycles. The standard InChI is InChI=1S/C16H30N2O3/c1-21-12-4-7-16(14-19)6-3-8-17(13-16)10-11-18-9-2-5-15(18)20/h19H,2-14H2,1H3/t16-/m0/s1. The van der Waals surface area contributed by atoms with Gasteiger partial charge < -0.3 is 19.6 Å². The fourth-order valence-electron chi connectivity index (χ4n) is 3.71. The molecule has 21 heavy (non-hydrogen) atoms. The van der Waals surface area contributed by atoms with Gasteiger partial charge in [-0.1, -0.05) is 0 Å². The van der Waals surface area contributed by atoms with E-state index in [1.54, 1.807) is 7.11 Å². The van der Waals surface area contributed by atoms with Crippen LogP contribution < -0.4 is 0 Å². The normalized spacial score (nSPS) is 27.5. The second kappa shape index (κ2) is 8.11. The number of amides is 1. The van der Waals surface area contributed by atoms with E-state index in [4.69, 9.17) is 4.74 Å². The molecule has 0 unspecified atom stereocenters. The number of ether oxygens (including phenoxy) is 1. The molecule has 1 atom stereocenters. The molecule has 0 aliphatic carbocycles. The number of hydrogen-bond acceptors (Lipinski definition) is 4. The van der Waals surface area contributed by atoms with Crippen molar-refractivity contribution in [3.63, 3.8) is 0 Å². The molecule has 1 amide bonds. The minimum atomic E-state index is 0.0335. The summed E-state index contributed by atoms with van der Waals surface area (Å²) in [6.07, 6.45) is 6.01. The van der Waals surface area contributed by atoms with E-state index in [0.717, 1.165) is 77.9 Å². The summed E-state index contributed by atoms with van der Waals surface area (Å²) in [6.45, 7) is 5.78. The number of carbonyl (C=O) groups is 1. The molecule has 2 rings (SSSR count). The Balaban J connectivity index is 1.79. The van der Waals surface area contributed by atoms with Gasteiger partial charge >= 0.3 is 0 Å². The Morgan fingerprint density at radius 2 is 2.14 bits per heavy atom. The summed E-state index contributed by atoms with van der Waals surface area (Å²) in [7, 11) is 1.73. The van der Waals surface area contributed by atoms with Crippen molar-refractivity contribution in [2.24, 2.45) is 5.41 Å². The summed E-state index contributed by atoms with van der Waals surface area (Å²) >= 11 is 0. The van der Waals surface area contributed by atoms with Gasteiger partial charge in [-0.25, -0.2) is 0 Å². The Kier molecular flexibility index (Phi) is 6.45. The fourth-order valence-corrected chi connectivity index (χ4v) is 3.71. The van der Waals surface area contributed by atoms with E-state index in [0.29, 0.717) is 5.91 Å². The topological polar surface area (TPSA) is 53.0 Å². The molecule has 0 bridgehead atoms. The number of carbonyl (C=O) groups excluding carboxylic acids is 1. The van der Waals surface area contributed by atoms with Gasteiger partial charge in [0, 0.05) is 58.3 Å². The molecule has 0 aromatic carbocycles. The molecule has 5 nitrogen and oxygen atoms in total. The van der Waals surface area contributed by atoms with Crippen LogP contribution in [0.5, 0.6) is 0 Å². The van der Waals surface area contributed by atoms with Crippen molar-refractivity contribution in [2.75, 3.05) is 53.0 Å². The molecule has 2 aliphatic heterocycles. The lowest BCUT2D eigenvalue weighted by Gasteiger charge is -2.42. The van der Waals surface area contributed by atoms with Gasteiger partial charge in [0.05, 0.1) is 0 Å². The molecule has 2 fully saturated rings. The second-order valence-electron chi connectivity index (χ2n) is 6.62. The first kappa shape index (κ1) is 16.7. The van der Waals surface area contributed by atoms with E-state index in [2.05, 4.69) is 4.90 Å². The van der Waals surface area contributed by atoms with Gasteiger partial charge in [-0.15, -0.1) is 0 Å². The zero-order valence-electron chi connectivity index (χ0n) is 13.4. The monoisotopic (exact) mass is 298 g/mol. The zero-order chi connectivity index (χ0) is 15.1. The first-order chi connectivity index (χ1) is 10.2. The first-order valence-electron chi connectivity index (χ1n) is 8.29. The summed E-state index contributed by atoms with van der Waals surface area (Å²) in [5, 5.41) is 9.85. The van der Waals surface area contributed by atoms with E-state index in [1.165, 1.54) is 0 Å². The average Bonchev–Trinajstić information content (AvgIpc) is 2.91. The van der Waals surface area contributed by atoms with E-state index in [-0.39, 0.29) is 12.0 Å². The largest absolute Gasteiger partial charge is 0.396 e. The number of hydrogen-bond donors (Lipinski definition) is 1. The SMILES string of the molecule is COCCC[C@@]1(CO)CCCN(CCN2CCCC2=O)C1. The van der Waals surface area contributed by atoms with E-state index in [1.807, 2.05) is 4.90 Å². The van der Waals surface area contributed by atoms with E-state index < -0.39 is 0 Å². The van der Waals surface area contributed by atoms with Crippen LogP contribution >= 0.6 is 0 Å². The fraction of sp³-hybridized carbons (Fsp3) is 0.938. The maximum Gasteiger partial charge on any atom is 0.222 e. The second-order valence-corrected chi connectivity index (χ2v) is 6.62. The minimum absolute atomic E-state index is 0.0335. The third kappa shape index (κ3) is 4.66. The molecule has 0 saturated carbocycles. The molecule has 0 aromatic rings. The Morgan fingerprint density at radius 1 is 1.29 bits per heavy atom. The lowest BCUT2D eigenvalue weighted by Crippen LogP contribution is -2.47. The number of aliphatic hydroxyl groups is 1. The van der Waals surface area contributed by atoms with Crippen molar-refractivity contribution in [2.45, 2.75) is 38.5 Å². The third-order valence-corrected chi connectivity index (χ3v) is 4.99. The van der Waals surface area contributed by atoms with Crippen LogP contribution in [0.4, 0.5) is 0 Å². The van der Waals surface area contributed by atoms with Crippen LogP contribution in [-0.4, -0.2) is 73.9 Å². The van der Waals surface area contributed by atoms with Crippen LogP contribution in [-0.2, 0) is 9.53 Å². The summed E-state index contributed by atoms with van der Waals surface area (Å²) in [4.78, 5) is 16.1. The molecule has 1 N–H and O–H groups in total. The summed E-state index contributed by atoms with van der Waals surface area (Å²) in [5.74, 6) is 0.306. The van der Waals surface area contributed by atoms with Gasteiger partial charge in [0.1, 0.15) is 0 Å². The highest BCUT2D eigenvalue weighted by Crippen LogP contribution is 2.34. The van der Waals surface area contributed by atoms with E-state index >= 15 is 0 Å². The Morgan fingerprint density at radius 3 is 2.81 bits per heavy atom. The molecule has 2 aliphatic rings. The van der Waals surface area contributed by atoms with Crippen LogP contribution in [0.1, 0.15) is 38.5 Å². The first-order valence-corrected chi connectivity index (χ1v) is 8.29. The van der Waals surface area contributed by atoms with Crippen LogP contribution in [0, 0.1) is 5.41 Å². The highest BCUT2D eigenvalue weighted by molar-refractivity contribution is 5.78. The Labute approximate surface area is 128 Å². The highest BCUT2D eigenvalue weighted by atomic mass is 16.5. The molecular formula is C16H30N2O3. The summed E-state index contributed by atoms with van der Waals surface area (Å²) in [5.41, 5.74) is 0.0335. The molecule has 122 valence electrons. The molecule has 0 spiro atoms. The number of likely N-dealkylation sites (tertiary alicyclic amines) is 2. The minimum Gasteiger partial charge on any atom is -0.396 e. The van der Waals surface area contributed by atoms with Gasteiger partial charge in [-0.05, 0) is 38.6 Å². The van der Waals surface area contributed by atoms with Gasteiger partial charge in [-0.2, -0.15) is 0 Å². The van der Waals surface area contributed by atoms with Crippen LogP contribution in [0.15, 0.2) is 0 Å². The quantitative estimate of drug-likeness (QED) is 0.682. The molecule has 2 saturated heterocycles. The maximum absolute atomic E-state index is 11.7.